The fourth-order valence-corrected chi connectivity index (χ4v) is 1.78. The van der Waals surface area contributed by atoms with Crippen molar-refractivity contribution in [1.29, 1.82) is 0 Å². The number of nitrogens with one attached hydrogen (secondary N) is 1. The zero-order chi connectivity index (χ0) is 7.52. The Bertz CT molecular complexity index is 266. The monoisotopic (exact) mass is 163 g/mol. The predicted molar refractivity (Wildman–Crippen MR) is 50.0 cm³/mol. The summed E-state index contributed by atoms with van der Waals surface area (Å²) in [5.74, 6) is 1.00. The van der Waals surface area contributed by atoms with Crippen LogP contribution in [0.3, 0.4) is 0 Å². The largest absolute Gasteiger partial charge is 0.375 e. The number of thioether (sulfide) groups is 1. The van der Waals surface area contributed by atoms with E-state index in [9.17, 15) is 0 Å². The van der Waals surface area contributed by atoms with Gasteiger partial charge < -0.3 is 5.32 Å². The van der Waals surface area contributed by atoms with Crippen LogP contribution in [0.4, 0.5) is 0 Å². The highest BCUT2D eigenvalue weighted by molar-refractivity contribution is 8.02. The molecule has 1 N–H and O–H groups in total. The summed E-state index contributed by atoms with van der Waals surface area (Å²) in [6.07, 6.45) is 0. The third-order valence-corrected chi connectivity index (χ3v) is 2.35. The van der Waals surface area contributed by atoms with Crippen LogP contribution in [0, 0.1) is 0 Å². The smallest absolute Gasteiger partial charge is 0.0652 e. The summed E-state index contributed by atoms with van der Waals surface area (Å²) in [6, 6.07) is 10.4. The minimum absolute atomic E-state index is 1.00. The molecule has 1 nitrogen and oxygen atoms in total. The zero-order valence-electron chi connectivity index (χ0n) is 6.08. The Hall–Kier alpha value is -0.890. The van der Waals surface area contributed by atoms with E-state index in [1.165, 1.54) is 11.3 Å². The third-order valence-electron chi connectivity index (χ3n) is 1.63. The summed E-state index contributed by atoms with van der Waals surface area (Å²) in [7, 11) is 0. The van der Waals surface area contributed by atoms with Crippen LogP contribution in [-0.2, 0) is 0 Å². The second-order valence-corrected chi connectivity index (χ2v) is 3.24. The lowest BCUT2D eigenvalue weighted by Gasteiger charge is -2.01. The lowest BCUT2D eigenvalue weighted by Crippen LogP contribution is -2.04. The summed E-state index contributed by atoms with van der Waals surface area (Å²) in [5, 5.41) is 5.46. The molecule has 1 aliphatic heterocycles. The molecule has 0 unspecified atom stereocenters. The van der Waals surface area contributed by atoms with E-state index in [4.69, 9.17) is 0 Å². The Kier molecular flexibility index (Phi) is 1.86. The second-order valence-electron chi connectivity index (χ2n) is 2.39. The van der Waals surface area contributed by atoms with Gasteiger partial charge in [0.2, 0.25) is 0 Å². The van der Waals surface area contributed by atoms with Crippen molar-refractivity contribution in [2.24, 2.45) is 0 Å². The van der Waals surface area contributed by atoms with Crippen LogP contribution in [0.2, 0.25) is 0 Å². The molecule has 0 spiro atoms. The van der Waals surface area contributed by atoms with Crippen LogP contribution in [-0.4, -0.2) is 5.88 Å². The molecule has 0 amide bonds. The number of hydrogen-bond donors (Lipinski definition) is 1. The van der Waals surface area contributed by atoms with E-state index in [-0.39, 0.29) is 0 Å². The highest BCUT2D eigenvalue weighted by atomic mass is 32.2. The molecule has 0 fully saturated rings. The normalized spacial score (nSPS) is 15.8. The van der Waals surface area contributed by atoms with Gasteiger partial charge in [0.15, 0.2) is 0 Å². The SMILES string of the molecule is C1=C(c2ccccc2)NCS1. The Morgan fingerprint density at radius 1 is 1.18 bits per heavy atom. The zero-order valence-corrected chi connectivity index (χ0v) is 6.90. The van der Waals surface area contributed by atoms with Crippen LogP contribution < -0.4 is 5.32 Å². The van der Waals surface area contributed by atoms with E-state index >= 15 is 0 Å². The van der Waals surface area contributed by atoms with Gasteiger partial charge in [-0.2, -0.15) is 0 Å². The van der Waals surface area contributed by atoms with Gasteiger partial charge in [0.1, 0.15) is 0 Å². The number of rotatable bonds is 1. The highest BCUT2D eigenvalue weighted by Crippen LogP contribution is 2.20. The Morgan fingerprint density at radius 3 is 2.64 bits per heavy atom. The van der Waals surface area contributed by atoms with Crippen molar-refractivity contribution < 1.29 is 0 Å². The number of benzene rings is 1. The Morgan fingerprint density at radius 2 is 2.00 bits per heavy atom. The summed E-state index contributed by atoms with van der Waals surface area (Å²) < 4.78 is 0. The van der Waals surface area contributed by atoms with Crippen molar-refractivity contribution in [3.05, 3.63) is 41.3 Å². The third kappa shape index (κ3) is 1.40. The van der Waals surface area contributed by atoms with E-state index in [2.05, 4.69) is 35.0 Å². The van der Waals surface area contributed by atoms with E-state index in [1.807, 2.05) is 6.07 Å². The Labute approximate surface area is 70.5 Å². The molecule has 1 aliphatic rings. The average Bonchev–Trinajstić information content (AvgIpc) is 2.58. The van der Waals surface area contributed by atoms with Crippen LogP contribution in [0.25, 0.3) is 5.70 Å². The van der Waals surface area contributed by atoms with Gasteiger partial charge in [-0.05, 0) is 11.0 Å². The maximum atomic E-state index is 3.30. The van der Waals surface area contributed by atoms with Crippen molar-refractivity contribution in [1.82, 2.24) is 5.32 Å². The van der Waals surface area contributed by atoms with E-state index in [0.717, 1.165) is 5.88 Å². The molecule has 11 heavy (non-hydrogen) atoms. The second kappa shape index (κ2) is 3.01. The van der Waals surface area contributed by atoms with E-state index < -0.39 is 0 Å². The molecule has 1 aromatic rings. The molecular weight excluding hydrogens is 154 g/mol. The van der Waals surface area contributed by atoms with Crippen molar-refractivity contribution in [3.8, 4) is 0 Å². The minimum Gasteiger partial charge on any atom is -0.375 e. The number of hydrogen-bond acceptors (Lipinski definition) is 2. The topological polar surface area (TPSA) is 12.0 Å². The van der Waals surface area contributed by atoms with Gasteiger partial charge in [0, 0.05) is 5.70 Å². The lowest BCUT2D eigenvalue weighted by atomic mass is 10.2. The van der Waals surface area contributed by atoms with Crippen molar-refractivity contribution in [2.45, 2.75) is 0 Å². The fraction of sp³-hybridized carbons (Fsp3) is 0.111. The van der Waals surface area contributed by atoms with Gasteiger partial charge in [-0.25, -0.2) is 0 Å². The van der Waals surface area contributed by atoms with Gasteiger partial charge in [0.05, 0.1) is 5.88 Å². The maximum absolute atomic E-state index is 3.30. The first-order chi connectivity index (χ1) is 5.47. The van der Waals surface area contributed by atoms with Crippen LogP contribution in [0.1, 0.15) is 5.56 Å². The van der Waals surface area contributed by atoms with Gasteiger partial charge in [-0.15, -0.1) is 11.8 Å². The molecule has 0 aliphatic carbocycles. The van der Waals surface area contributed by atoms with Gasteiger partial charge in [0.25, 0.3) is 0 Å². The van der Waals surface area contributed by atoms with Crippen molar-refractivity contribution in [3.63, 3.8) is 0 Å². The molecule has 0 radical (unpaired) electrons. The molecule has 0 atom stereocenters. The average molecular weight is 163 g/mol. The standard InChI is InChI=1S/C9H9NS/c1-2-4-8(5-3-1)9-6-11-7-10-9/h1-6,10H,7H2. The summed E-state index contributed by atoms with van der Waals surface area (Å²) in [4.78, 5) is 0. The first-order valence-corrected chi connectivity index (χ1v) is 4.63. The minimum atomic E-state index is 1.00. The lowest BCUT2D eigenvalue weighted by molar-refractivity contribution is 1.11. The van der Waals surface area contributed by atoms with Crippen molar-refractivity contribution in [2.75, 3.05) is 5.88 Å². The molecule has 2 heteroatoms. The van der Waals surface area contributed by atoms with Gasteiger partial charge in [-0.3, -0.25) is 0 Å². The van der Waals surface area contributed by atoms with Crippen LogP contribution in [0.15, 0.2) is 35.7 Å². The molecule has 0 bridgehead atoms. The maximum Gasteiger partial charge on any atom is 0.0652 e. The van der Waals surface area contributed by atoms with Gasteiger partial charge >= 0.3 is 0 Å². The van der Waals surface area contributed by atoms with Crippen molar-refractivity contribution >= 4 is 17.5 Å². The first kappa shape index (κ1) is 6.80. The predicted octanol–water partition coefficient (Wildman–Crippen LogP) is 2.28. The van der Waals surface area contributed by atoms with E-state index in [1.54, 1.807) is 11.8 Å². The Balaban J connectivity index is 2.29. The quantitative estimate of drug-likeness (QED) is 0.681. The first-order valence-electron chi connectivity index (χ1n) is 3.58. The summed E-state index contributed by atoms with van der Waals surface area (Å²) in [5.41, 5.74) is 2.52. The molecule has 2 rings (SSSR count). The highest BCUT2D eigenvalue weighted by Gasteiger charge is 2.03. The molecule has 1 aromatic carbocycles. The van der Waals surface area contributed by atoms with Crippen LogP contribution >= 0.6 is 11.8 Å². The fourth-order valence-electron chi connectivity index (χ4n) is 1.07. The van der Waals surface area contributed by atoms with Crippen LogP contribution in [0.5, 0.6) is 0 Å². The summed E-state index contributed by atoms with van der Waals surface area (Å²) >= 11 is 1.80. The molecule has 56 valence electrons. The van der Waals surface area contributed by atoms with E-state index in [0.29, 0.717) is 0 Å². The molecule has 0 aromatic heterocycles. The molecule has 0 saturated heterocycles. The molecular formula is C9H9NS. The van der Waals surface area contributed by atoms with Gasteiger partial charge in [-0.1, -0.05) is 30.3 Å². The molecule has 1 heterocycles. The molecule has 0 saturated carbocycles. The summed E-state index contributed by atoms with van der Waals surface area (Å²) in [6.45, 7) is 0.